The molecule has 1 fully saturated rings. The summed E-state index contributed by atoms with van der Waals surface area (Å²) < 4.78 is 17.9. The van der Waals surface area contributed by atoms with Gasteiger partial charge in [-0.2, -0.15) is 0 Å². The van der Waals surface area contributed by atoms with E-state index in [1.54, 1.807) is 24.2 Å². The molecule has 1 aliphatic heterocycles. The molecular weight excluding hydrogens is 290 g/mol. The van der Waals surface area contributed by atoms with Crippen molar-refractivity contribution in [2.75, 3.05) is 13.1 Å². The molecule has 116 valence electrons. The first kappa shape index (κ1) is 15.9. The van der Waals surface area contributed by atoms with Crippen molar-refractivity contribution in [2.24, 2.45) is 0 Å². The molecule has 1 aromatic heterocycles. The van der Waals surface area contributed by atoms with Gasteiger partial charge in [0, 0.05) is 25.5 Å². The summed E-state index contributed by atoms with van der Waals surface area (Å²) in [4.78, 5) is 21.9. The van der Waals surface area contributed by atoms with Crippen molar-refractivity contribution in [1.29, 1.82) is 0 Å². The molecule has 2 rings (SSSR count). The summed E-state index contributed by atoms with van der Waals surface area (Å²) in [6.45, 7) is 8.28. The van der Waals surface area contributed by atoms with Gasteiger partial charge < -0.3 is 9.64 Å². The van der Waals surface area contributed by atoms with E-state index >= 15 is 0 Å². The maximum atomic E-state index is 12.6. The summed E-state index contributed by atoms with van der Waals surface area (Å²) in [6.07, 6.45) is 3.46. The van der Waals surface area contributed by atoms with E-state index in [1.807, 2.05) is 20.8 Å². The van der Waals surface area contributed by atoms with Gasteiger partial charge in [0.2, 0.25) is 0 Å². The number of aryl methyl sites for hydroxylation is 1. The maximum Gasteiger partial charge on any atom is 0.410 e. The van der Waals surface area contributed by atoms with Gasteiger partial charge in [0.05, 0.1) is 21.7 Å². The van der Waals surface area contributed by atoms with Crippen molar-refractivity contribution < 1.29 is 13.7 Å². The van der Waals surface area contributed by atoms with Gasteiger partial charge in [0.25, 0.3) is 0 Å². The molecule has 0 spiro atoms. The van der Waals surface area contributed by atoms with E-state index in [0.717, 1.165) is 0 Å². The minimum Gasteiger partial charge on any atom is -0.444 e. The summed E-state index contributed by atoms with van der Waals surface area (Å²) in [7, 11) is -1.25. The minimum atomic E-state index is -1.25. The fraction of sp³-hybridized carbons (Fsp3) is 0.643. The lowest BCUT2D eigenvalue weighted by Gasteiger charge is -2.24. The molecule has 0 aliphatic carbocycles. The highest BCUT2D eigenvalue weighted by atomic mass is 32.2. The molecule has 0 bridgehead atoms. The van der Waals surface area contributed by atoms with Gasteiger partial charge in [-0.3, -0.25) is 9.19 Å². The van der Waals surface area contributed by atoms with Gasteiger partial charge in [0.1, 0.15) is 10.6 Å². The fourth-order valence-electron chi connectivity index (χ4n) is 2.15. The second kappa shape index (κ2) is 6.09. The Kier molecular flexibility index (Phi) is 4.61. The van der Waals surface area contributed by atoms with Crippen molar-refractivity contribution in [3.8, 4) is 0 Å². The van der Waals surface area contributed by atoms with Crippen molar-refractivity contribution in [3.63, 3.8) is 0 Å². The van der Waals surface area contributed by atoms with E-state index in [1.165, 1.54) is 0 Å². The van der Waals surface area contributed by atoms with Crippen molar-refractivity contribution in [3.05, 3.63) is 18.1 Å². The van der Waals surface area contributed by atoms with Crippen LogP contribution in [0.3, 0.4) is 0 Å². The predicted octanol–water partition coefficient (Wildman–Crippen LogP) is 1.90. The molecule has 2 atom stereocenters. The van der Waals surface area contributed by atoms with Crippen LogP contribution in [0.4, 0.5) is 4.79 Å². The average Bonchev–Trinajstić information content (AvgIpc) is 2.86. The van der Waals surface area contributed by atoms with E-state index in [9.17, 15) is 9.00 Å². The van der Waals surface area contributed by atoms with E-state index in [-0.39, 0.29) is 11.3 Å². The first-order chi connectivity index (χ1) is 9.78. The van der Waals surface area contributed by atoms with Crippen LogP contribution in [0.5, 0.6) is 0 Å². The van der Waals surface area contributed by atoms with Gasteiger partial charge in [-0.25, -0.2) is 9.78 Å². The van der Waals surface area contributed by atoms with Crippen LogP contribution in [0.15, 0.2) is 17.4 Å². The predicted molar refractivity (Wildman–Crippen MR) is 79.4 cm³/mol. The normalized spacial score (nSPS) is 20.4. The molecule has 21 heavy (non-hydrogen) atoms. The molecule has 0 radical (unpaired) electrons. The standard InChI is InChI=1S/C14H21N3O3S/c1-10-12(16-7-6-15-10)21(19)11-5-8-17(9-11)13(18)20-14(2,3)4/h6-7,11H,5,8-9H2,1-4H3/t11-,21?/m1/s1. The number of nitrogens with zero attached hydrogens (tertiary/aromatic N) is 3. The minimum absolute atomic E-state index is 0.118. The maximum absolute atomic E-state index is 12.6. The van der Waals surface area contributed by atoms with Crippen LogP contribution in [0.1, 0.15) is 32.9 Å². The molecule has 0 aromatic carbocycles. The lowest BCUT2D eigenvalue weighted by Crippen LogP contribution is -2.36. The van der Waals surface area contributed by atoms with Crippen LogP contribution in [0.25, 0.3) is 0 Å². The zero-order valence-electron chi connectivity index (χ0n) is 12.8. The zero-order chi connectivity index (χ0) is 15.6. The van der Waals surface area contributed by atoms with Gasteiger partial charge in [-0.05, 0) is 34.1 Å². The Balaban J connectivity index is 2.01. The van der Waals surface area contributed by atoms with Gasteiger partial charge >= 0.3 is 6.09 Å². The molecule has 2 heterocycles. The van der Waals surface area contributed by atoms with Crippen LogP contribution in [0.2, 0.25) is 0 Å². The third kappa shape index (κ3) is 4.00. The lowest BCUT2D eigenvalue weighted by molar-refractivity contribution is 0.0295. The van der Waals surface area contributed by atoms with E-state index in [0.29, 0.717) is 30.2 Å². The average molecular weight is 311 g/mol. The monoisotopic (exact) mass is 311 g/mol. The smallest absolute Gasteiger partial charge is 0.410 e. The van der Waals surface area contributed by atoms with Crippen LogP contribution in [0, 0.1) is 6.92 Å². The first-order valence-electron chi connectivity index (χ1n) is 6.94. The van der Waals surface area contributed by atoms with Crippen molar-refractivity contribution in [2.45, 2.75) is 50.0 Å². The summed E-state index contributed by atoms with van der Waals surface area (Å²) in [5, 5.41) is 0.390. The Morgan fingerprint density at radius 3 is 2.67 bits per heavy atom. The van der Waals surface area contributed by atoms with Crippen LogP contribution in [-0.4, -0.2) is 49.1 Å². The van der Waals surface area contributed by atoms with E-state index in [4.69, 9.17) is 4.74 Å². The highest BCUT2D eigenvalue weighted by Gasteiger charge is 2.34. The third-order valence-corrected chi connectivity index (χ3v) is 4.90. The topological polar surface area (TPSA) is 72.4 Å². The molecule has 1 amide bonds. The number of hydrogen-bond acceptors (Lipinski definition) is 5. The van der Waals surface area contributed by atoms with Crippen LogP contribution < -0.4 is 0 Å². The Hall–Kier alpha value is -1.50. The fourth-order valence-corrected chi connectivity index (χ4v) is 3.60. The Morgan fingerprint density at radius 2 is 2.05 bits per heavy atom. The molecule has 6 nitrogen and oxygen atoms in total. The molecule has 0 N–H and O–H groups in total. The second-order valence-corrected chi connectivity index (χ2v) is 7.73. The molecule has 1 aliphatic rings. The number of ether oxygens (including phenoxy) is 1. The zero-order valence-corrected chi connectivity index (χ0v) is 13.6. The number of carbonyl (C=O) groups is 1. The SMILES string of the molecule is Cc1nccnc1S(=O)[C@@H]1CCN(C(=O)OC(C)(C)C)C1. The lowest BCUT2D eigenvalue weighted by atomic mass is 10.2. The highest BCUT2D eigenvalue weighted by Crippen LogP contribution is 2.22. The second-order valence-electron chi connectivity index (χ2n) is 6.08. The molecule has 1 aromatic rings. The van der Waals surface area contributed by atoms with Gasteiger partial charge in [-0.1, -0.05) is 0 Å². The largest absolute Gasteiger partial charge is 0.444 e. The molecule has 0 saturated carbocycles. The summed E-state index contributed by atoms with van der Waals surface area (Å²) in [6, 6.07) is 0. The van der Waals surface area contributed by atoms with E-state index in [2.05, 4.69) is 9.97 Å². The van der Waals surface area contributed by atoms with Crippen LogP contribution in [-0.2, 0) is 15.5 Å². The quantitative estimate of drug-likeness (QED) is 0.834. The van der Waals surface area contributed by atoms with Crippen molar-refractivity contribution >= 4 is 16.9 Å². The van der Waals surface area contributed by atoms with E-state index < -0.39 is 16.4 Å². The molecule has 1 saturated heterocycles. The van der Waals surface area contributed by atoms with Crippen molar-refractivity contribution in [1.82, 2.24) is 14.9 Å². The van der Waals surface area contributed by atoms with Crippen LogP contribution >= 0.6 is 0 Å². The number of aromatic nitrogens is 2. The molecular formula is C14H21N3O3S. The Morgan fingerprint density at radius 1 is 1.38 bits per heavy atom. The number of amides is 1. The molecule has 1 unspecified atom stereocenters. The van der Waals surface area contributed by atoms with Gasteiger partial charge in [0.15, 0.2) is 0 Å². The third-order valence-electron chi connectivity index (χ3n) is 3.13. The Labute approximate surface area is 127 Å². The first-order valence-corrected chi connectivity index (χ1v) is 8.15. The number of hydrogen-bond donors (Lipinski definition) is 0. The van der Waals surface area contributed by atoms with Gasteiger partial charge in [-0.15, -0.1) is 0 Å². The number of rotatable bonds is 2. The summed E-state index contributed by atoms with van der Waals surface area (Å²) in [5.41, 5.74) is 0.155. The number of carbonyl (C=O) groups excluding carboxylic acids is 1. The molecule has 7 heteroatoms. The summed E-state index contributed by atoms with van der Waals surface area (Å²) in [5.74, 6) is 0. The summed E-state index contributed by atoms with van der Waals surface area (Å²) >= 11 is 0. The number of likely N-dealkylation sites (tertiary alicyclic amines) is 1. The Bertz CT molecular complexity index is 557. The highest BCUT2D eigenvalue weighted by molar-refractivity contribution is 7.85.